The monoisotopic (exact) mass is 256 g/mol. The standard InChI is InChI=1S/C11H17ClN4O/c1-7-8(13)9(15-10(12)14-7)16-11(2)4-3-5-17-6-11/h3-6,13H2,1-2H3,(H,14,15,16). The second-order valence-corrected chi connectivity index (χ2v) is 5.02. The van der Waals surface area contributed by atoms with Crippen molar-refractivity contribution in [2.75, 3.05) is 24.3 Å². The van der Waals surface area contributed by atoms with Crippen molar-refractivity contribution in [3.05, 3.63) is 11.0 Å². The largest absolute Gasteiger partial charge is 0.394 e. The molecule has 1 unspecified atom stereocenters. The van der Waals surface area contributed by atoms with Gasteiger partial charge < -0.3 is 15.8 Å². The van der Waals surface area contributed by atoms with Crippen LogP contribution in [0, 0.1) is 6.92 Å². The smallest absolute Gasteiger partial charge is 0.224 e. The van der Waals surface area contributed by atoms with E-state index in [1.165, 1.54) is 0 Å². The highest BCUT2D eigenvalue weighted by atomic mass is 35.5. The first-order chi connectivity index (χ1) is 8.00. The number of halogens is 1. The lowest BCUT2D eigenvalue weighted by atomic mass is 9.95. The highest BCUT2D eigenvalue weighted by molar-refractivity contribution is 6.28. The van der Waals surface area contributed by atoms with Crippen LogP contribution in [0.2, 0.25) is 5.28 Å². The van der Waals surface area contributed by atoms with Gasteiger partial charge >= 0.3 is 0 Å². The van der Waals surface area contributed by atoms with Gasteiger partial charge in [-0.05, 0) is 38.3 Å². The molecule has 0 bridgehead atoms. The molecule has 1 aliphatic rings. The minimum Gasteiger partial charge on any atom is -0.394 e. The van der Waals surface area contributed by atoms with E-state index in [0.717, 1.165) is 19.4 Å². The van der Waals surface area contributed by atoms with Crippen LogP contribution in [0.3, 0.4) is 0 Å². The van der Waals surface area contributed by atoms with Crippen LogP contribution in [0.15, 0.2) is 0 Å². The Hall–Kier alpha value is -1.07. The van der Waals surface area contributed by atoms with E-state index in [1.807, 2.05) is 6.92 Å². The van der Waals surface area contributed by atoms with Crippen LogP contribution in [0.1, 0.15) is 25.5 Å². The number of ether oxygens (including phenoxy) is 1. The van der Waals surface area contributed by atoms with E-state index in [-0.39, 0.29) is 10.8 Å². The van der Waals surface area contributed by atoms with Crippen LogP contribution >= 0.6 is 11.6 Å². The summed E-state index contributed by atoms with van der Waals surface area (Å²) in [5.41, 5.74) is 7.03. The van der Waals surface area contributed by atoms with Crippen molar-refractivity contribution in [1.29, 1.82) is 0 Å². The fraction of sp³-hybridized carbons (Fsp3) is 0.636. The Morgan fingerprint density at radius 1 is 1.47 bits per heavy atom. The predicted octanol–water partition coefficient (Wildman–Crippen LogP) is 2.00. The van der Waals surface area contributed by atoms with Gasteiger partial charge in [0, 0.05) is 6.61 Å². The van der Waals surface area contributed by atoms with Crippen molar-refractivity contribution in [1.82, 2.24) is 9.97 Å². The van der Waals surface area contributed by atoms with E-state index in [4.69, 9.17) is 22.1 Å². The number of nitrogens with two attached hydrogens (primary N) is 1. The van der Waals surface area contributed by atoms with Crippen LogP contribution in [-0.2, 0) is 4.74 Å². The number of anilines is 2. The molecule has 1 saturated heterocycles. The van der Waals surface area contributed by atoms with Gasteiger partial charge in [-0.15, -0.1) is 0 Å². The lowest BCUT2D eigenvalue weighted by Gasteiger charge is -2.35. The summed E-state index contributed by atoms with van der Waals surface area (Å²) in [5, 5.41) is 3.53. The summed E-state index contributed by atoms with van der Waals surface area (Å²) in [6.45, 7) is 5.37. The van der Waals surface area contributed by atoms with Crippen molar-refractivity contribution in [3.8, 4) is 0 Å². The van der Waals surface area contributed by atoms with Gasteiger partial charge in [-0.1, -0.05) is 0 Å². The zero-order chi connectivity index (χ0) is 12.5. The molecule has 1 atom stereocenters. The van der Waals surface area contributed by atoms with Crippen molar-refractivity contribution < 1.29 is 4.74 Å². The molecule has 17 heavy (non-hydrogen) atoms. The molecule has 0 amide bonds. The number of nitrogens with one attached hydrogen (secondary N) is 1. The molecule has 1 aromatic heterocycles. The molecule has 2 rings (SSSR count). The molecule has 6 heteroatoms. The normalized spacial score (nSPS) is 24.6. The van der Waals surface area contributed by atoms with E-state index in [0.29, 0.717) is 23.8 Å². The van der Waals surface area contributed by atoms with Gasteiger partial charge in [0.05, 0.1) is 23.5 Å². The van der Waals surface area contributed by atoms with Gasteiger partial charge in [-0.2, -0.15) is 4.98 Å². The van der Waals surface area contributed by atoms with Crippen LogP contribution in [0.25, 0.3) is 0 Å². The Bertz CT molecular complexity index is 418. The van der Waals surface area contributed by atoms with E-state index < -0.39 is 0 Å². The molecule has 0 aromatic carbocycles. The average molecular weight is 257 g/mol. The van der Waals surface area contributed by atoms with Crippen molar-refractivity contribution >= 4 is 23.1 Å². The van der Waals surface area contributed by atoms with Gasteiger partial charge in [-0.3, -0.25) is 0 Å². The first-order valence-electron chi connectivity index (χ1n) is 5.66. The summed E-state index contributed by atoms with van der Waals surface area (Å²) >= 11 is 5.84. The van der Waals surface area contributed by atoms with Gasteiger partial charge in [-0.25, -0.2) is 4.98 Å². The number of aryl methyl sites for hydroxylation is 1. The molecule has 94 valence electrons. The fourth-order valence-electron chi connectivity index (χ4n) is 1.96. The quantitative estimate of drug-likeness (QED) is 0.792. The molecular weight excluding hydrogens is 240 g/mol. The molecule has 0 spiro atoms. The van der Waals surface area contributed by atoms with E-state index in [9.17, 15) is 0 Å². The Morgan fingerprint density at radius 3 is 2.88 bits per heavy atom. The van der Waals surface area contributed by atoms with Crippen LogP contribution in [0.5, 0.6) is 0 Å². The number of nitrogen functional groups attached to an aromatic ring is 1. The highest BCUT2D eigenvalue weighted by Gasteiger charge is 2.28. The van der Waals surface area contributed by atoms with Crippen LogP contribution in [-0.4, -0.2) is 28.7 Å². The molecule has 2 heterocycles. The zero-order valence-corrected chi connectivity index (χ0v) is 10.8. The third-order valence-electron chi connectivity index (χ3n) is 2.97. The maximum Gasteiger partial charge on any atom is 0.224 e. The maximum atomic E-state index is 5.94. The number of nitrogens with zero attached hydrogens (tertiary/aromatic N) is 2. The third-order valence-corrected chi connectivity index (χ3v) is 3.14. The Morgan fingerprint density at radius 2 is 2.24 bits per heavy atom. The average Bonchev–Trinajstić information content (AvgIpc) is 2.26. The number of aromatic nitrogens is 2. The molecule has 3 N–H and O–H groups in total. The Kier molecular flexibility index (Phi) is 3.40. The summed E-state index contributed by atoms with van der Waals surface area (Å²) < 4.78 is 5.48. The second kappa shape index (κ2) is 4.66. The minimum absolute atomic E-state index is 0.142. The summed E-state index contributed by atoms with van der Waals surface area (Å²) in [7, 11) is 0. The van der Waals surface area contributed by atoms with Crippen molar-refractivity contribution in [3.63, 3.8) is 0 Å². The number of hydrogen-bond donors (Lipinski definition) is 2. The lowest BCUT2D eigenvalue weighted by molar-refractivity contribution is 0.0539. The van der Waals surface area contributed by atoms with Gasteiger partial charge in [0.25, 0.3) is 0 Å². The molecule has 0 aliphatic carbocycles. The van der Waals surface area contributed by atoms with Gasteiger partial charge in [0.2, 0.25) is 5.28 Å². The molecule has 1 fully saturated rings. The number of rotatable bonds is 2. The topological polar surface area (TPSA) is 73.1 Å². The Labute approximate surface area is 106 Å². The van der Waals surface area contributed by atoms with Crippen LogP contribution < -0.4 is 11.1 Å². The van der Waals surface area contributed by atoms with Crippen molar-refractivity contribution in [2.24, 2.45) is 0 Å². The molecule has 1 aromatic rings. The minimum atomic E-state index is -0.142. The van der Waals surface area contributed by atoms with E-state index in [2.05, 4.69) is 22.2 Å². The Balaban J connectivity index is 2.23. The number of hydrogen-bond acceptors (Lipinski definition) is 5. The fourth-order valence-corrected chi connectivity index (χ4v) is 2.17. The van der Waals surface area contributed by atoms with Gasteiger partial charge in [0.1, 0.15) is 0 Å². The maximum absolute atomic E-state index is 5.94. The SMILES string of the molecule is Cc1nc(Cl)nc(NC2(C)CCCOC2)c1N. The first-order valence-corrected chi connectivity index (χ1v) is 6.03. The predicted molar refractivity (Wildman–Crippen MR) is 68.3 cm³/mol. The first kappa shape index (κ1) is 12.4. The molecule has 5 nitrogen and oxygen atoms in total. The second-order valence-electron chi connectivity index (χ2n) is 4.68. The molecule has 1 aliphatic heterocycles. The van der Waals surface area contributed by atoms with Crippen molar-refractivity contribution in [2.45, 2.75) is 32.2 Å². The van der Waals surface area contributed by atoms with E-state index in [1.54, 1.807) is 0 Å². The summed E-state index contributed by atoms with van der Waals surface area (Å²) in [4.78, 5) is 8.14. The zero-order valence-electron chi connectivity index (χ0n) is 10.1. The lowest BCUT2D eigenvalue weighted by Crippen LogP contribution is -2.43. The molecule has 0 radical (unpaired) electrons. The summed E-state index contributed by atoms with van der Waals surface area (Å²) in [5.74, 6) is 0.593. The van der Waals surface area contributed by atoms with Crippen LogP contribution in [0.4, 0.5) is 11.5 Å². The van der Waals surface area contributed by atoms with E-state index >= 15 is 0 Å². The summed E-state index contributed by atoms with van der Waals surface area (Å²) in [6, 6.07) is 0. The highest BCUT2D eigenvalue weighted by Crippen LogP contribution is 2.28. The van der Waals surface area contributed by atoms with Gasteiger partial charge in [0.15, 0.2) is 5.82 Å². The molecule has 0 saturated carbocycles. The molecular formula is C11H17ClN4O. The third kappa shape index (κ3) is 2.79. The summed E-state index contributed by atoms with van der Waals surface area (Å²) in [6.07, 6.45) is 2.05.